The fraction of sp³-hybridized carbons (Fsp3) is 0.303. The van der Waals surface area contributed by atoms with E-state index in [0.717, 1.165) is 47.6 Å². The second-order valence-corrected chi connectivity index (χ2v) is 11.4. The molecule has 42 heavy (non-hydrogen) atoms. The molecule has 3 aromatic rings. The number of amides is 2. The summed E-state index contributed by atoms with van der Waals surface area (Å²) in [6.07, 6.45) is 0.946. The van der Waals surface area contributed by atoms with Crippen molar-refractivity contribution in [2.45, 2.75) is 39.4 Å². The number of hydrogen-bond acceptors (Lipinski definition) is 6. The molecule has 3 aromatic carbocycles. The number of carbonyl (C=O) groups excluding carboxylic acids is 2. The van der Waals surface area contributed by atoms with Crippen molar-refractivity contribution in [2.24, 2.45) is 0 Å². The summed E-state index contributed by atoms with van der Waals surface area (Å²) in [5.41, 5.74) is 6.96. The van der Waals surface area contributed by atoms with E-state index >= 15 is 0 Å². The van der Waals surface area contributed by atoms with Gasteiger partial charge in [-0.3, -0.25) is 14.5 Å². The van der Waals surface area contributed by atoms with Gasteiger partial charge in [0.05, 0.1) is 41.3 Å². The summed E-state index contributed by atoms with van der Waals surface area (Å²) >= 11 is 0. The Morgan fingerprint density at radius 3 is 2.43 bits per heavy atom. The lowest BCUT2D eigenvalue weighted by molar-refractivity contribution is -0.123. The fourth-order valence-electron chi connectivity index (χ4n) is 6.13. The first kappa shape index (κ1) is 27.7. The Bertz CT molecular complexity index is 1600. The molecule has 2 atom stereocenters. The molecule has 9 nitrogen and oxygen atoms in total. The predicted molar refractivity (Wildman–Crippen MR) is 163 cm³/mol. The number of carboxylic acid groups (broad SMARTS) is 1. The van der Waals surface area contributed by atoms with Gasteiger partial charge in [0.2, 0.25) is 5.91 Å². The van der Waals surface area contributed by atoms with Crippen LogP contribution in [0.5, 0.6) is 0 Å². The van der Waals surface area contributed by atoms with Crippen molar-refractivity contribution in [1.29, 1.82) is 0 Å². The van der Waals surface area contributed by atoms with Crippen molar-refractivity contribution in [3.05, 3.63) is 88.5 Å². The highest BCUT2D eigenvalue weighted by Crippen LogP contribution is 2.39. The summed E-state index contributed by atoms with van der Waals surface area (Å²) in [6.45, 7) is 8.54. The molecule has 1 saturated heterocycles. The zero-order valence-corrected chi connectivity index (χ0v) is 23.9. The van der Waals surface area contributed by atoms with Gasteiger partial charge in [-0.1, -0.05) is 35.9 Å². The number of ether oxygens (including phenoxy) is 1. The van der Waals surface area contributed by atoms with Gasteiger partial charge < -0.3 is 25.4 Å². The topological polar surface area (TPSA) is 111 Å². The maximum absolute atomic E-state index is 13.3. The number of carboxylic acids is 1. The third-order valence-corrected chi connectivity index (χ3v) is 8.00. The van der Waals surface area contributed by atoms with E-state index < -0.39 is 5.97 Å². The average Bonchev–Trinajstić information content (AvgIpc) is 3.51. The van der Waals surface area contributed by atoms with Crippen molar-refractivity contribution >= 4 is 46.1 Å². The number of carbonyl (C=O) groups is 3. The van der Waals surface area contributed by atoms with E-state index in [0.29, 0.717) is 35.6 Å². The minimum Gasteiger partial charge on any atom is -0.478 e. The number of morpholine rings is 1. The van der Waals surface area contributed by atoms with Crippen LogP contribution < -0.4 is 15.5 Å². The van der Waals surface area contributed by atoms with Crippen LogP contribution in [0.2, 0.25) is 0 Å². The number of nitrogens with zero attached hydrogens (tertiary/aromatic N) is 2. The predicted octanol–water partition coefficient (Wildman–Crippen LogP) is 4.62. The second-order valence-electron chi connectivity index (χ2n) is 11.4. The molecule has 3 N–H and O–H groups in total. The lowest BCUT2D eigenvalue weighted by Crippen LogP contribution is -2.49. The summed E-state index contributed by atoms with van der Waals surface area (Å²) < 4.78 is 5.81. The van der Waals surface area contributed by atoms with Gasteiger partial charge in [-0.25, -0.2) is 4.79 Å². The molecule has 1 fully saturated rings. The minimum atomic E-state index is -1.05. The molecule has 216 valence electrons. The summed E-state index contributed by atoms with van der Waals surface area (Å²) in [6, 6.07) is 18.5. The summed E-state index contributed by atoms with van der Waals surface area (Å²) in [4.78, 5) is 42.1. The van der Waals surface area contributed by atoms with E-state index in [4.69, 9.17) is 4.74 Å². The van der Waals surface area contributed by atoms with E-state index in [1.165, 1.54) is 12.1 Å². The minimum absolute atomic E-state index is 0.0817. The molecule has 0 bridgehead atoms. The molecule has 0 spiro atoms. The van der Waals surface area contributed by atoms with Gasteiger partial charge in [0.25, 0.3) is 5.91 Å². The normalized spacial score (nSPS) is 21.0. The van der Waals surface area contributed by atoms with E-state index in [1.54, 1.807) is 6.07 Å². The first-order valence-electron chi connectivity index (χ1n) is 14.2. The zero-order valence-electron chi connectivity index (χ0n) is 23.9. The van der Waals surface area contributed by atoms with Crippen LogP contribution >= 0.6 is 0 Å². The SMILES string of the molecule is Cc1ccc(/C(Nc2ccc3c(c2)CCN3C(=O)CN2CC(C)OC(C)C2)=C2/C(=O)Nc3cc(C(=O)O)ccc32)cc1. The molecule has 2 amide bonds. The summed E-state index contributed by atoms with van der Waals surface area (Å²) in [5, 5.41) is 15.7. The van der Waals surface area contributed by atoms with Crippen LogP contribution in [-0.4, -0.2) is 66.2 Å². The third-order valence-electron chi connectivity index (χ3n) is 8.00. The van der Waals surface area contributed by atoms with E-state index in [-0.39, 0.29) is 29.6 Å². The van der Waals surface area contributed by atoms with Crippen LogP contribution in [0, 0.1) is 6.92 Å². The van der Waals surface area contributed by atoms with Crippen LogP contribution in [0.4, 0.5) is 17.1 Å². The monoisotopic (exact) mass is 566 g/mol. The molecular formula is C33H34N4O5. The van der Waals surface area contributed by atoms with E-state index in [9.17, 15) is 19.5 Å². The third kappa shape index (κ3) is 5.41. The van der Waals surface area contributed by atoms with Crippen LogP contribution in [0.25, 0.3) is 11.3 Å². The Kier molecular flexibility index (Phi) is 7.30. The number of benzene rings is 3. The zero-order chi connectivity index (χ0) is 29.5. The van der Waals surface area contributed by atoms with E-state index in [2.05, 4.69) is 15.5 Å². The molecule has 9 heteroatoms. The smallest absolute Gasteiger partial charge is 0.335 e. The number of aromatic carboxylic acids is 1. The van der Waals surface area contributed by atoms with Crippen molar-refractivity contribution in [1.82, 2.24) is 4.90 Å². The van der Waals surface area contributed by atoms with Crippen molar-refractivity contribution in [3.63, 3.8) is 0 Å². The first-order chi connectivity index (χ1) is 20.2. The Morgan fingerprint density at radius 2 is 1.71 bits per heavy atom. The first-order valence-corrected chi connectivity index (χ1v) is 14.2. The highest BCUT2D eigenvalue weighted by molar-refractivity contribution is 6.37. The molecular weight excluding hydrogens is 532 g/mol. The summed E-state index contributed by atoms with van der Waals surface area (Å²) in [7, 11) is 0. The number of nitrogens with one attached hydrogen (secondary N) is 2. The quantitative estimate of drug-likeness (QED) is 0.373. The molecule has 0 saturated carbocycles. The van der Waals surface area contributed by atoms with E-state index in [1.807, 2.05) is 68.1 Å². The second kappa shape index (κ2) is 11.1. The van der Waals surface area contributed by atoms with Crippen molar-refractivity contribution in [3.8, 4) is 0 Å². The molecule has 3 aliphatic rings. The molecule has 0 aliphatic carbocycles. The maximum Gasteiger partial charge on any atom is 0.335 e. The molecule has 6 rings (SSSR count). The van der Waals surface area contributed by atoms with Gasteiger partial charge in [-0.05, 0) is 68.7 Å². The van der Waals surface area contributed by atoms with Gasteiger partial charge in [-0.2, -0.15) is 0 Å². The summed E-state index contributed by atoms with van der Waals surface area (Å²) in [5.74, 6) is -1.28. The number of rotatable bonds is 6. The van der Waals surface area contributed by atoms with Crippen molar-refractivity contribution in [2.75, 3.05) is 41.7 Å². The Morgan fingerprint density at radius 1 is 1.00 bits per heavy atom. The Hall–Kier alpha value is -4.47. The largest absolute Gasteiger partial charge is 0.478 e. The molecule has 3 aliphatic heterocycles. The lowest BCUT2D eigenvalue weighted by Gasteiger charge is -2.35. The van der Waals surface area contributed by atoms with Gasteiger partial charge in [-0.15, -0.1) is 0 Å². The molecule has 0 aromatic heterocycles. The van der Waals surface area contributed by atoms with Gasteiger partial charge in [0.1, 0.15) is 0 Å². The number of anilines is 3. The Balaban J connectivity index is 1.30. The number of aryl methyl sites for hydroxylation is 1. The van der Waals surface area contributed by atoms with Crippen molar-refractivity contribution < 1.29 is 24.2 Å². The van der Waals surface area contributed by atoms with Crippen LogP contribution in [0.1, 0.15) is 46.5 Å². The Labute approximate surface area is 244 Å². The molecule has 3 heterocycles. The number of fused-ring (bicyclic) bond motifs is 2. The molecule has 2 unspecified atom stereocenters. The van der Waals surface area contributed by atoms with Gasteiger partial charge in [0.15, 0.2) is 0 Å². The highest BCUT2D eigenvalue weighted by Gasteiger charge is 2.31. The number of hydrogen-bond donors (Lipinski definition) is 3. The van der Waals surface area contributed by atoms with Crippen LogP contribution in [0.15, 0.2) is 60.7 Å². The van der Waals surface area contributed by atoms with Crippen LogP contribution in [0.3, 0.4) is 0 Å². The standard InChI is InChI=1S/C33H34N4O5/c1-19-4-6-22(7-5-19)31(30-26-10-8-24(33(40)41)15-27(26)35-32(30)39)34-25-9-11-28-23(14-25)12-13-37(28)29(38)18-36-16-20(2)42-21(3)17-36/h4-11,14-15,20-21,34H,12-13,16-18H2,1-3H3,(H,35,39)(H,40,41)/b31-30-. The highest BCUT2D eigenvalue weighted by atomic mass is 16.5. The molecule has 0 radical (unpaired) electrons. The van der Waals surface area contributed by atoms with Crippen LogP contribution in [-0.2, 0) is 20.7 Å². The van der Waals surface area contributed by atoms with Gasteiger partial charge in [0, 0.05) is 36.6 Å². The maximum atomic E-state index is 13.3. The van der Waals surface area contributed by atoms with Gasteiger partial charge >= 0.3 is 5.97 Å². The average molecular weight is 567 g/mol. The fourth-order valence-corrected chi connectivity index (χ4v) is 6.13. The lowest BCUT2D eigenvalue weighted by atomic mass is 9.98.